The van der Waals surface area contributed by atoms with E-state index in [0.29, 0.717) is 11.8 Å². The molecule has 1 aliphatic carbocycles. The molecule has 1 saturated carbocycles. The van der Waals surface area contributed by atoms with Gasteiger partial charge >= 0.3 is 5.97 Å². The van der Waals surface area contributed by atoms with Crippen LogP contribution in [0.4, 0.5) is 0 Å². The molecule has 0 aromatic rings. The van der Waals surface area contributed by atoms with Gasteiger partial charge in [-0.3, -0.25) is 14.9 Å². The highest BCUT2D eigenvalue weighted by molar-refractivity contribution is 8.14. The summed E-state index contributed by atoms with van der Waals surface area (Å²) >= 11 is 3.20. The van der Waals surface area contributed by atoms with E-state index in [-0.39, 0.29) is 16.5 Å². The normalized spacial score (nSPS) is 26.8. The molecule has 0 bridgehead atoms. The summed E-state index contributed by atoms with van der Waals surface area (Å²) in [5.41, 5.74) is 0. The van der Waals surface area contributed by atoms with Gasteiger partial charge in [0, 0.05) is 35.8 Å². The quantitative estimate of drug-likeness (QED) is 0.568. The van der Waals surface area contributed by atoms with Crippen LogP contribution in [0, 0.1) is 5.92 Å². The third-order valence-corrected chi connectivity index (χ3v) is 8.00. The predicted molar refractivity (Wildman–Crippen MR) is 107 cm³/mol. The second-order valence-corrected chi connectivity index (χ2v) is 10.3. The minimum Gasteiger partial charge on any atom is -0.481 e. The summed E-state index contributed by atoms with van der Waals surface area (Å²) in [4.78, 5) is 28.5. The number of rotatable bonds is 9. The Bertz CT molecular complexity index is 474. The van der Waals surface area contributed by atoms with Crippen LogP contribution in [0.15, 0.2) is 0 Å². The zero-order chi connectivity index (χ0) is 19.1. The molecule has 2 N–H and O–H groups in total. The minimum atomic E-state index is -0.884. The van der Waals surface area contributed by atoms with Crippen molar-refractivity contribution in [2.24, 2.45) is 5.92 Å². The van der Waals surface area contributed by atoms with Crippen LogP contribution < -0.4 is 5.32 Å². The summed E-state index contributed by atoms with van der Waals surface area (Å²) in [5, 5.41) is 15.6. The van der Waals surface area contributed by atoms with Gasteiger partial charge in [0.05, 0.1) is 19.2 Å². The molecule has 0 aromatic carbocycles. The Morgan fingerprint density at radius 3 is 2.54 bits per heavy atom. The number of carbonyl (C=O) groups is 2. The Hall–Kier alpha value is -0.280. The summed E-state index contributed by atoms with van der Waals surface area (Å²) in [7, 11) is 1.62. The van der Waals surface area contributed by atoms with E-state index in [9.17, 15) is 14.7 Å². The Morgan fingerprint density at radius 2 is 1.96 bits per heavy atom. The molecule has 2 rings (SSSR count). The average molecular weight is 405 g/mol. The number of hydroxylamine groups is 2. The van der Waals surface area contributed by atoms with Gasteiger partial charge in [-0.2, -0.15) is 16.8 Å². The Balaban J connectivity index is 1.89. The van der Waals surface area contributed by atoms with Crippen molar-refractivity contribution in [2.75, 3.05) is 20.2 Å². The number of hydrogen-bond acceptors (Lipinski definition) is 7. The fourth-order valence-corrected chi connectivity index (χ4v) is 6.26. The molecule has 26 heavy (non-hydrogen) atoms. The number of carbonyl (C=O) groups excluding carboxylic acids is 1. The van der Waals surface area contributed by atoms with E-state index >= 15 is 0 Å². The fraction of sp³-hybridized carbons (Fsp3) is 0.889. The SMILES string of the molecule is CON(CC(SC(C)=O)C(C)C(=O)O)C1CC(SC2CCCCC2)CN1. The minimum absolute atomic E-state index is 0.0655. The molecule has 0 amide bonds. The second-order valence-electron chi connectivity index (χ2n) is 7.23. The van der Waals surface area contributed by atoms with E-state index in [1.54, 1.807) is 14.0 Å². The van der Waals surface area contributed by atoms with E-state index in [1.165, 1.54) is 39.0 Å². The molecule has 4 atom stereocenters. The fourth-order valence-electron chi connectivity index (χ4n) is 3.66. The van der Waals surface area contributed by atoms with Gasteiger partial charge in [-0.25, -0.2) is 0 Å². The first kappa shape index (κ1) is 22.0. The van der Waals surface area contributed by atoms with E-state index in [4.69, 9.17) is 4.84 Å². The largest absolute Gasteiger partial charge is 0.481 e. The molecule has 0 aromatic heterocycles. The first-order valence-electron chi connectivity index (χ1n) is 9.50. The number of nitrogens with one attached hydrogen (secondary N) is 1. The highest BCUT2D eigenvalue weighted by atomic mass is 32.2. The molecule has 4 unspecified atom stereocenters. The highest BCUT2D eigenvalue weighted by Crippen LogP contribution is 2.35. The van der Waals surface area contributed by atoms with Crippen molar-refractivity contribution in [1.82, 2.24) is 10.4 Å². The molecule has 8 heteroatoms. The summed E-state index contributed by atoms with van der Waals surface area (Å²) in [6.45, 7) is 4.49. The molecular weight excluding hydrogens is 372 g/mol. The molecule has 1 heterocycles. The third kappa shape index (κ3) is 6.71. The molecule has 2 aliphatic rings. The first-order chi connectivity index (χ1) is 12.4. The predicted octanol–water partition coefficient (Wildman–Crippen LogP) is 2.97. The molecule has 0 radical (unpaired) electrons. The van der Waals surface area contributed by atoms with Crippen LogP contribution in [0.5, 0.6) is 0 Å². The lowest BCUT2D eigenvalue weighted by atomic mass is 10.0. The van der Waals surface area contributed by atoms with Crippen LogP contribution >= 0.6 is 23.5 Å². The Labute approximate surface area is 165 Å². The zero-order valence-electron chi connectivity index (χ0n) is 16.0. The van der Waals surface area contributed by atoms with E-state index < -0.39 is 11.9 Å². The lowest BCUT2D eigenvalue weighted by molar-refractivity contribution is -0.168. The van der Waals surface area contributed by atoms with Crippen molar-refractivity contribution < 1.29 is 19.5 Å². The Kier molecular flexibility index (Phi) is 9.23. The van der Waals surface area contributed by atoms with E-state index in [0.717, 1.165) is 30.0 Å². The van der Waals surface area contributed by atoms with Gasteiger partial charge in [-0.15, -0.1) is 0 Å². The van der Waals surface area contributed by atoms with E-state index in [2.05, 4.69) is 17.1 Å². The van der Waals surface area contributed by atoms with Crippen molar-refractivity contribution in [3.8, 4) is 0 Å². The van der Waals surface area contributed by atoms with E-state index in [1.807, 2.05) is 5.06 Å². The van der Waals surface area contributed by atoms with Gasteiger partial charge in [0.15, 0.2) is 5.12 Å². The molecule has 150 valence electrons. The topological polar surface area (TPSA) is 78.9 Å². The highest BCUT2D eigenvalue weighted by Gasteiger charge is 2.35. The van der Waals surface area contributed by atoms with Crippen LogP contribution in [0.2, 0.25) is 0 Å². The van der Waals surface area contributed by atoms with Gasteiger partial charge < -0.3 is 9.94 Å². The van der Waals surface area contributed by atoms with Crippen LogP contribution in [-0.2, 0) is 14.4 Å². The maximum absolute atomic E-state index is 11.5. The molecule has 1 aliphatic heterocycles. The summed E-state index contributed by atoms with van der Waals surface area (Å²) in [5.74, 6) is -1.50. The van der Waals surface area contributed by atoms with Crippen molar-refractivity contribution in [3.63, 3.8) is 0 Å². The number of carboxylic acids is 1. The molecule has 0 spiro atoms. The summed E-state index contributed by atoms with van der Waals surface area (Å²) < 4.78 is 0. The molecule has 1 saturated heterocycles. The monoisotopic (exact) mass is 404 g/mol. The third-order valence-electron chi connectivity index (χ3n) is 5.21. The first-order valence-corrected chi connectivity index (χ1v) is 11.3. The van der Waals surface area contributed by atoms with Gasteiger partial charge in [0.2, 0.25) is 0 Å². The number of thioether (sulfide) groups is 2. The summed E-state index contributed by atoms with van der Waals surface area (Å²) in [6, 6.07) is 0. The number of nitrogens with zero attached hydrogens (tertiary/aromatic N) is 1. The van der Waals surface area contributed by atoms with Crippen molar-refractivity contribution >= 4 is 34.6 Å². The lowest BCUT2D eigenvalue weighted by Gasteiger charge is -2.31. The molecular formula is C18H32N2O4S2. The van der Waals surface area contributed by atoms with Crippen molar-refractivity contribution in [2.45, 2.75) is 74.3 Å². The number of carboxylic acid groups (broad SMARTS) is 1. The van der Waals surface area contributed by atoms with Crippen LogP contribution in [0.25, 0.3) is 0 Å². The maximum Gasteiger partial charge on any atom is 0.307 e. The van der Waals surface area contributed by atoms with Crippen LogP contribution in [-0.4, -0.2) is 63.4 Å². The Morgan fingerprint density at radius 1 is 1.27 bits per heavy atom. The van der Waals surface area contributed by atoms with Gasteiger partial charge in [-0.05, 0) is 19.3 Å². The van der Waals surface area contributed by atoms with Gasteiger partial charge in [-0.1, -0.05) is 37.9 Å². The summed E-state index contributed by atoms with van der Waals surface area (Å²) in [6.07, 6.45) is 7.77. The molecule has 2 fully saturated rings. The average Bonchev–Trinajstić information content (AvgIpc) is 3.06. The maximum atomic E-state index is 11.5. The lowest BCUT2D eigenvalue weighted by Crippen LogP contribution is -2.46. The van der Waals surface area contributed by atoms with Crippen LogP contribution in [0.3, 0.4) is 0 Å². The van der Waals surface area contributed by atoms with Gasteiger partial charge in [0.25, 0.3) is 0 Å². The standard InChI is InChI=1S/C18H32N2O4S2/c1-12(18(22)23)16(25-13(2)21)11-20(24-3)17-9-15(10-19-17)26-14-7-5-4-6-8-14/h12,14-17,19H,4-11H2,1-3H3,(H,22,23). The van der Waals surface area contributed by atoms with Crippen molar-refractivity contribution in [3.05, 3.63) is 0 Å². The number of aliphatic carboxylic acids is 1. The van der Waals surface area contributed by atoms with Gasteiger partial charge in [0.1, 0.15) is 0 Å². The van der Waals surface area contributed by atoms with Crippen molar-refractivity contribution in [1.29, 1.82) is 0 Å². The van der Waals surface area contributed by atoms with Crippen LogP contribution in [0.1, 0.15) is 52.4 Å². The molecule has 6 nitrogen and oxygen atoms in total. The smallest absolute Gasteiger partial charge is 0.307 e. The zero-order valence-corrected chi connectivity index (χ0v) is 17.6. The number of hydrogen-bond donors (Lipinski definition) is 2. The second kappa shape index (κ2) is 10.9.